The summed E-state index contributed by atoms with van der Waals surface area (Å²) in [6.45, 7) is 8.79. The predicted molar refractivity (Wildman–Crippen MR) is 175 cm³/mol. The number of nitrogens with one attached hydrogen (secondary N) is 2. The van der Waals surface area contributed by atoms with Gasteiger partial charge in [0, 0.05) is 47.4 Å². The minimum atomic E-state index is -0.780. The van der Waals surface area contributed by atoms with Crippen LogP contribution in [0.3, 0.4) is 0 Å². The van der Waals surface area contributed by atoms with Crippen molar-refractivity contribution >= 4 is 69.5 Å². The maximum absolute atomic E-state index is 14.1. The number of aryl methyl sites for hydroxylation is 2. The Morgan fingerprint density at radius 1 is 0.864 bits per heavy atom. The number of aromatic nitrogens is 2. The van der Waals surface area contributed by atoms with E-state index < -0.39 is 17.6 Å². The number of halogens is 7. The number of hydrogen-bond acceptors (Lipinski definition) is 5. The lowest BCUT2D eigenvalue weighted by molar-refractivity contribution is -0.136. The Morgan fingerprint density at radius 2 is 1.41 bits per heavy atom. The number of carbonyl (C=O) groups excluding carboxylic acids is 1. The molecule has 1 fully saturated rings. The van der Waals surface area contributed by atoms with Crippen molar-refractivity contribution in [3.8, 4) is 11.1 Å². The Hall–Kier alpha value is -2.11. The van der Waals surface area contributed by atoms with E-state index in [1.54, 1.807) is 36.2 Å². The average Bonchev–Trinajstić information content (AvgIpc) is 3.24. The van der Waals surface area contributed by atoms with Crippen molar-refractivity contribution in [3.05, 3.63) is 82.6 Å². The van der Waals surface area contributed by atoms with Gasteiger partial charge in [-0.25, -0.2) is 18.3 Å². The van der Waals surface area contributed by atoms with Gasteiger partial charge in [-0.1, -0.05) is 58.0 Å². The Bertz CT molecular complexity index is 1570. The third kappa shape index (κ3) is 9.00. The monoisotopic (exact) mass is 710 g/mol. The smallest absolute Gasteiger partial charge is 0.341 e. The van der Waals surface area contributed by atoms with Crippen molar-refractivity contribution in [2.75, 3.05) is 19.7 Å². The fraction of sp³-hybridized carbons (Fsp3) is 0.400. The Kier molecular flexibility index (Phi) is 14.0. The molecule has 0 aliphatic carbocycles. The second-order valence-corrected chi connectivity index (χ2v) is 12.1. The number of carbonyl (C=O) groups is 1. The van der Waals surface area contributed by atoms with E-state index in [1.165, 1.54) is 25.0 Å². The van der Waals surface area contributed by atoms with Crippen LogP contribution in [0.2, 0.25) is 15.2 Å². The molecule has 3 heterocycles. The molecule has 0 atom stereocenters. The van der Waals surface area contributed by atoms with Crippen molar-refractivity contribution in [2.24, 2.45) is 0 Å². The SMILES string of the molecule is C1CCNNC1.CCOC(=O)C(=C(Cl)Cl)c1cc(C)c(Cl)cc1F.Cc1cc(-c2c(Cl)n3n(c2=O)CCCC3)c(F)cc1Cl. The summed E-state index contributed by atoms with van der Waals surface area (Å²) in [5, 5.41) is 0.895. The molecule has 0 saturated carbocycles. The highest BCUT2D eigenvalue weighted by Crippen LogP contribution is 2.33. The van der Waals surface area contributed by atoms with E-state index in [1.807, 2.05) is 0 Å². The van der Waals surface area contributed by atoms with Gasteiger partial charge < -0.3 is 4.74 Å². The van der Waals surface area contributed by atoms with E-state index in [2.05, 4.69) is 10.9 Å². The Labute approximate surface area is 280 Å². The number of nitrogens with zero attached hydrogens (tertiary/aromatic N) is 2. The largest absolute Gasteiger partial charge is 0.462 e. The first kappa shape index (κ1) is 36.4. The molecule has 0 spiro atoms. The van der Waals surface area contributed by atoms with Crippen LogP contribution in [-0.2, 0) is 22.6 Å². The average molecular weight is 713 g/mol. The van der Waals surface area contributed by atoms with E-state index in [0.717, 1.165) is 32.0 Å². The third-order valence-electron chi connectivity index (χ3n) is 6.84. The first-order valence-corrected chi connectivity index (χ1v) is 15.9. The summed E-state index contributed by atoms with van der Waals surface area (Å²) in [7, 11) is 0. The normalized spacial score (nSPS) is 14.0. The van der Waals surface area contributed by atoms with Crippen molar-refractivity contribution in [2.45, 2.75) is 59.5 Å². The topological polar surface area (TPSA) is 77.3 Å². The first-order chi connectivity index (χ1) is 20.9. The zero-order chi connectivity index (χ0) is 32.6. The summed E-state index contributed by atoms with van der Waals surface area (Å²) in [5.41, 5.74) is 7.35. The second-order valence-electron chi connectivity index (χ2n) is 10.0. The lowest BCUT2D eigenvalue weighted by atomic mass is 10.0. The first-order valence-electron chi connectivity index (χ1n) is 14.0. The van der Waals surface area contributed by atoms with Crippen LogP contribution in [-0.4, -0.2) is 35.0 Å². The molecular formula is C30H33Cl5F2N4O3. The summed E-state index contributed by atoms with van der Waals surface area (Å²) < 4.78 is 35.7. The molecule has 14 heteroatoms. The third-order valence-corrected chi connectivity index (χ3v) is 8.42. The molecule has 2 aromatic carbocycles. The Morgan fingerprint density at radius 3 is 1.91 bits per heavy atom. The van der Waals surface area contributed by atoms with Gasteiger partial charge in [0.05, 0.1) is 17.7 Å². The van der Waals surface area contributed by atoms with Gasteiger partial charge in [0.1, 0.15) is 21.3 Å². The molecule has 0 bridgehead atoms. The van der Waals surface area contributed by atoms with E-state index in [-0.39, 0.29) is 43.9 Å². The van der Waals surface area contributed by atoms with Crippen LogP contribution in [0.15, 0.2) is 33.6 Å². The van der Waals surface area contributed by atoms with Gasteiger partial charge in [-0.2, -0.15) is 0 Å². The zero-order valence-corrected chi connectivity index (χ0v) is 28.2. The molecule has 2 aliphatic heterocycles. The highest BCUT2D eigenvalue weighted by Gasteiger charge is 2.25. The summed E-state index contributed by atoms with van der Waals surface area (Å²) in [4.78, 5) is 24.1. The summed E-state index contributed by atoms with van der Waals surface area (Å²) in [6.07, 6.45) is 4.55. The number of hydrazine groups is 1. The lowest BCUT2D eigenvalue weighted by Gasteiger charge is -2.17. The number of fused-ring (bicyclic) bond motifs is 1. The minimum Gasteiger partial charge on any atom is -0.462 e. The zero-order valence-electron chi connectivity index (χ0n) is 24.4. The number of esters is 1. The molecule has 0 unspecified atom stereocenters. The minimum absolute atomic E-state index is 0.0321. The highest BCUT2D eigenvalue weighted by molar-refractivity contribution is 6.61. The number of rotatable bonds is 4. The van der Waals surface area contributed by atoms with Crippen molar-refractivity contribution < 1.29 is 18.3 Å². The van der Waals surface area contributed by atoms with E-state index >= 15 is 0 Å². The van der Waals surface area contributed by atoms with E-state index in [4.69, 9.17) is 62.7 Å². The van der Waals surface area contributed by atoms with Crippen molar-refractivity contribution in [1.29, 1.82) is 0 Å². The molecule has 2 N–H and O–H groups in total. The van der Waals surface area contributed by atoms with Crippen LogP contribution in [0.1, 0.15) is 49.3 Å². The van der Waals surface area contributed by atoms with Crippen LogP contribution in [0.4, 0.5) is 8.78 Å². The predicted octanol–water partition coefficient (Wildman–Crippen LogP) is 8.24. The van der Waals surface area contributed by atoms with E-state index in [0.29, 0.717) is 34.4 Å². The van der Waals surface area contributed by atoms with Gasteiger partial charge >= 0.3 is 5.97 Å². The molecule has 5 rings (SSSR count). The quantitative estimate of drug-likeness (QED) is 0.211. The van der Waals surface area contributed by atoms with Crippen LogP contribution in [0.25, 0.3) is 16.7 Å². The van der Waals surface area contributed by atoms with Crippen LogP contribution < -0.4 is 16.4 Å². The van der Waals surface area contributed by atoms with Gasteiger partial charge in [0.15, 0.2) is 0 Å². The maximum atomic E-state index is 14.1. The number of benzene rings is 2. The molecular weight excluding hydrogens is 680 g/mol. The highest BCUT2D eigenvalue weighted by atomic mass is 35.5. The standard InChI is InChI=1S/C14H13Cl2FN2O.C12H10Cl3FO2.C4H10N2/c1-8-6-9(11(17)7-10(8)15)12-13(16)18-4-2-3-5-19(18)14(12)20;1-3-18-12(17)10(11(14)15)7-4-6(2)8(13)5-9(7)16;1-2-4-6-5-3-1/h6-7H,2-5H2,1H3;4-5H,3H2,1-2H3;5-6H,1-4H2. The molecule has 240 valence electrons. The second kappa shape index (κ2) is 17.0. The van der Waals surface area contributed by atoms with E-state index in [9.17, 15) is 18.4 Å². The van der Waals surface area contributed by atoms with Crippen LogP contribution in [0, 0.1) is 25.5 Å². The molecule has 3 aromatic rings. The molecule has 0 amide bonds. The molecule has 44 heavy (non-hydrogen) atoms. The van der Waals surface area contributed by atoms with Crippen LogP contribution in [0.5, 0.6) is 0 Å². The fourth-order valence-electron chi connectivity index (χ4n) is 4.55. The molecule has 1 saturated heterocycles. The lowest BCUT2D eigenvalue weighted by Crippen LogP contribution is -2.37. The number of hydrogen-bond donors (Lipinski definition) is 2. The van der Waals surface area contributed by atoms with Gasteiger partial charge in [-0.15, -0.1) is 0 Å². The molecule has 2 aliphatic rings. The fourth-order valence-corrected chi connectivity index (χ4v) is 5.56. The van der Waals surface area contributed by atoms with Gasteiger partial charge in [-0.05, 0) is 81.8 Å². The number of ether oxygens (including phenoxy) is 1. The molecule has 7 nitrogen and oxygen atoms in total. The summed E-state index contributed by atoms with van der Waals surface area (Å²) in [6, 6.07) is 5.30. The van der Waals surface area contributed by atoms with Gasteiger partial charge in [0.25, 0.3) is 5.56 Å². The van der Waals surface area contributed by atoms with Crippen molar-refractivity contribution in [3.63, 3.8) is 0 Å². The molecule has 0 radical (unpaired) electrons. The Balaban J connectivity index is 0.000000203. The summed E-state index contributed by atoms with van der Waals surface area (Å²) >= 11 is 29.2. The van der Waals surface area contributed by atoms with Crippen molar-refractivity contribution in [1.82, 2.24) is 20.2 Å². The van der Waals surface area contributed by atoms with Crippen LogP contribution >= 0.6 is 58.0 Å². The van der Waals surface area contributed by atoms with Gasteiger partial charge in [0.2, 0.25) is 0 Å². The maximum Gasteiger partial charge on any atom is 0.341 e. The molecule has 1 aromatic heterocycles. The van der Waals surface area contributed by atoms with Gasteiger partial charge in [-0.3, -0.25) is 20.3 Å². The summed E-state index contributed by atoms with van der Waals surface area (Å²) in [5.74, 6) is -1.99.